The third kappa shape index (κ3) is 2.94. The number of benzene rings is 1. The molecule has 0 aliphatic carbocycles. The van der Waals surface area contributed by atoms with Crippen molar-refractivity contribution in [1.82, 2.24) is 4.98 Å². The molecule has 0 saturated heterocycles. The molecular weight excluding hydrogens is 242 g/mol. The molecule has 19 heavy (non-hydrogen) atoms. The van der Waals surface area contributed by atoms with Crippen molar-refractivity contribution in [2.24, 2.45) is 0 Å². The highest BCUT2D eigenvalue weighted by atomic mass is 16.5. The van der Waals surface area contributed by atoms with E-state index in [1.165, 1.54) is 0 Å². The molecule has 0 unspecified atom stereocenters. The van der Waals surface area contributed by atoms with E-state index in [1.54, 1.807) is 13.3 Å². The van der Waals surface area contributed by atoms with Crippen molar-refractivity contribution >= 4 is 22.3 Å². The third-order valence-electron chi connectivity index (χ3n) is 3.05. The summed E-state index contributed by atoms with van der Waals surface area (Å²) in [5, 5.41) is 10.2. The Bertz CT molecular complexity index is 545. The molecule has 0 saturated carbocycles. The van der Waals surface area contributed by atoms with Crippen molar-refractivity contribution in [3.63, 3.8) is 0 Å². The number of rotatable bonds is 6. The lowest BCUT2D eigenvalue weighted by atomic mass is 10.1. The molecule has 1 aromatic carbocycles. The maximum Gasteiger partial charge on any atom is 0.0951 e. The Kier molecular flexibility index (Phi) is 4.54. The molecule has 0 aliphatic rings. The molecule has 5 nitrogen and oxygen atoms in total. The standard InChI is InChI=1S/C14H19N3O2/c1-19-10-8-17(7-9-18)13-5-4-12(15)14-11(13)3-2-6-16-14/h2-6,18H,7-10,15H2,1H3. The van der Waals surface area contributed by atoms with E-state index in [2.05, 4.69) is 9.88 Å². The van der Waals surface area contributed by atoms with Crippen LogP contribution < -0.4 is 10.6 Å². The van der Waals surface area contributed by atoms with Crippen LogP contribution in [0.25, 0.3) is 10.9 Å². The lowest BCUT2D eigenvalue weighted by molar-refractivity contribution is 0.203. The van der Waals surface area contributed by atoms with Crippen LogP contribution in [0, 0.1) is 0 Å². The number of fused-ring (bicyclic) bond motifs is 1. The summed E-state index contributed by atoms with van der Waals surface area (Å²) in [5.74, 6) is 0. The zero-order valence-electron chi connectivity index (χ0n) is 11.0. The maximum atomic E-state index is 9.20. The number of pyridine rings is 1. The van der Waals surface area contributed by atoms with Gasteiger partial charge < -0.3 is 20.5 Å². The fourth-order valence-electron chi connectivity index (χ4n) is 2.13. The summed E-state index contributed by atoms with van der Waals surface area (Å²) in [7, 11) is 1.67. The maximum absolute atomic E-state index is 9.20. The largest absolute Gasteiger partial charge is 0.397 e. The fourth-order valence-corrected chi connectivity index (χ4v) is 2.13. The Morgan fingerprint density at radius 2 is 2.16 bits per heavy atom. The van der Waals surface area contributed by atoms with E-state index in [4.69, 9.17) is 10.5 Å². The second kappa shape index (κ2) is 6.36. The lowest BCUT2D eigenvalue weighted by Gasteiger charge is -2.25. The minimum atomic E-state index is 0.0931. The SMILES string of the molecule is COCCN(CCO)c1ccc(N)c2ncccc12. The quantitative estimate of drug-likeness (QED) is 0.766. The van der Waals surface area contributed by atoms with E-state index in [1.807, 2.05) is 24.3 Å². The Balaban J connectivity index is 2.44. The van der Waals surface area contributed by atoms with Crippen molar-refractivity contribution in [1.29, 1.82) is 0 Å². The number of aliphatic hydroxyl groups is 1. The monoisotopic (exact) mass is 261 g/mol. The first-order valence-electron chi connectivity index (χ1n) is 6.26. The molecule has 1 heterocycles. The van der Waals surface area contributed by atoms with E-state index in [9.17, 15) is 5.11 Å². The Morgan fingerprint density at radius 3 is 2.89 bits per heavy atom. The number of hydrogen-bond acceptors (Lipinski definition) is 5. The summed E-state index contributed by atoms with van der Waals surface area (Å²) in [6, 6.07) is 7.69. The van der Waals surface area contributed by atoms with Crippen LogP contribution >= 0.6 is 0 Å². The topological polar surface area (TPSA) is 71.6 Å². The van der Waals surface area contributed by atoms with Crippen LogP contribution in [0.5, 0.6) is 0 Å². The van der Waals surface area contributed by atoms with Gasteiger partial charge in [0.1, 0.15) is 0 Å². The summed E-state index contributed by atoms with van der Waals surface area (Å²) in [6.07, 6.45) is 1.73. The highest BCUT2D eigenvalue weighted by Crippen LogP contribution is 2.29. The number of ether oxygens (including phenoxy) is 1. The normalized spacial score (nSPS) is 10.8. The number of hydrogen-bond donors (Lipinski definition) is 2. The number of aliphatic hydroxyl groups excluding tert-OH is 1. The van der Waals surface area contributed by atoms with Crippen molar-refractivity contribution < 1.29 is 9.84 Å². The molecule has 0 amide bonds. The van der Waals surface area contributed by atoms with E-state index >= 15 is 0 Å². The molecule has 102 valence electrons. The predicted molar refractivity (Wildman–Crippen MR) is 77.3 cm³/mol. The van der Waals surface area contributed by atoms with Gasteiger partial charge in [-0.2, -0.15) is 0 Å². The summed E-state index contributed by atoms with van der Waals surface area (Å²) >= 11 is 0. The highest BCUT2D eigenvalue weighted by Gasteiger charge is 2.11. The van der Waals surface area contributed by atoms with E-state index in [0.29, 0.717) is 25.4 Å². The van der Waals surface area contributed by atoms with Crippen molar-refractivity contribution in [3.8, 4) is 0 Å². The van der Waals surface area contributed by atoms with Crippen LogP contribution in [-0.4, -0.2) is 43.5 Å². The first-order valence-corrected chi connectivity index (χ1v) is 6.26. The number of nitrogens with zero attached hydrogens (tertiary/aromatic N) is 2. The summed E-state index contributed by atoms with van der Waals surface area (Å²) in [4.78, 5) is 6.40. The zero-order valence-corrected chi connectivity index (χ0v) is 11.0. The van der Waals surface area contributed by atoms with Crippen molar-refractivity contribution in [2.75, 3.05) is 44.0 Å². The lowest BCUT2D eigenvalue weighted by Crippen LogP contribution is -2.30. The fraction of sp³-hybridized carbons (Fsp3) is 0.357. The second-order valence-electron chi connectivity index (χ2n) is 4.28. The van der Waals surface area contributed by atoms with Crippen LogP contribution in [0.15, 0.2) is 30.5 Å². The van der Waals surface area contributed by atoms with E-state index < -0.39 is 0 Å². The van der Waals surface area contributed by atoms with Gasteiger partial charge in [0.05, 0.1) is 24.4 Å². The van der Waals surface area contributed by atoms with Gasteiger partial charge in [0.25, 0.3) is 0 Å². The average molecular weight is 261 g/mol. The minimum absolute atomic E-state index is 0.0931. The predicted octanol–water partition coefficient (Wildman–Crippen LogP) is 1.26. The zero-order chi connectivity index (χ0) is 13.7. The molecule has 1 aromatic heterocycles. The van der Waals surface area contributed by atoms with Crippen LogP contribution in [0.3, 0.4) is 0 Å². The van der Waals surface area contributed by atoms with E-state index in [-0.39, 0.29) is 6.61 Å². The van der Waals surface area contributed by atoms with Gasteiger partial charge in [0, 0.05) is 37.5 Å². The molecule has 0 fully saturated rings. The van der Waals surface area contributed by atoms with Crippen LogP contribution in [0.2, 0.25) is 0 Å². The van der Waals surface area contributed by atoms with Gasteiger partial charge in [-0.1, -0.05) is 0 Å². The molecule has 0 aliphatic heterocycles. The number of methoxy groups -OCH3 is 1. The summed E-state index contributed by atoms with van der Waals surface area (Å²) < 4.78 is 5.11. The number of aromatic nitrogens is 1. The Morgan fingerprint density at radius 1 is 1.32 bits per heavy atom. The number of nitrogen functional groups attached to an aromatic ring is 1. The van der Waals surface area contributed by atoms with Gasteiger partial charge in [-0.05, 0) is 24.3 Å². The second-order valence-corrected chi connectivity index (χ2v) is 4.28. The molecular formula is C14H19N3O2. The molecule has 0 spiro atoms. The Hall–Kier alpha value is -1.85. The molecule has 2 aromatic rings. The van der Waals surface area contributed by atoms with Crippen LogP contribution in [0.1, 0.15) is 0 Å². The Labute approximate surface area is 112 Å². The van der Waals surface area contributed by atoms with E-state index in [0.717, 1.165) is 16.6 Å². The van der Waals surface area contributed by atoms with Crippen LogP contribution in [0.4, 0.5) is 11.4 Å². The first-order chi connectivity index (χ1) is 9.27. The average Bonchev–Trinajstić information content (AvgIpc) is 2.45. The third-order valence-corrected chi connectivity index (χ3v) is 3.05. The minimum Gasteiger partial charge on any atom is -0.397 e. The van der Waals surface area contributed by atoms with Gasteiger partial charge >= 0.3 is 0 Å². The molecule has 2 rings (SSSR count). The molecule has 0 atom stereocenters. The summed E-state index contributed by atoms with van der Waals surface area (Å²) in [5.41, 5.74) is 8.42. The molecule has 0 radical (unpaired) electrons. The van der Waals surface area contributed by atoms with Crippen molar-refractivity contribution in [3.05, 3.63) is 30.5 Å². The number of nitrogens with two attached hydrogens (primary N) is 1. The summed E-state index contributed by atoms with van der Waals surface area (Å²) in [6.45, 7) is 1.96. The highest BCUT2D eigenvalue weighted by molar-refractivity contribution is 5.98. The van der Waals surface area contributed by atoms with Gasteiger partial charge in [-0.3, -0.25) is 4.98 Å². The van der Waals surface area contributed by atoms with Crippen LogP contribution in [-0.2, 0) is 4.74 Å². The molecule has 5 heteroatoms. The first kappa shape index (κ1) is 13.6. The van der Waals surface area contributed by atoms with Gasteiger partial charge in [-0.15, -0.1) is 0 Å². The van der Waals surface area contributed by atoms with Gasteiger partial charge in [0.2, 0.25) is 0 Å². The smallest absolute Gasteiger partial charge is 0.0951 e. The molecule has 3 N–H and O–H groups in total. The molecule has 0 bridgehead atoms. The number of anilines is 2. The van der Waals surface area contributed by atoms with Gasteiger partial charge in [-0.25, -0.2) is 0 Å². The van der Waals surface area contributed by atoms with Crippen molar-refractivity contribution in [2.45, 2.75) is 0 Å². The van der Waals surface area contributed by atoms with Gasteiger partial charge in [0.15, 0.2) is 0 Å².